The zero-order valence-corrected chi connectivity index (χ0v) is 12.6. The van der Waals surface area contributed by atoms with Crippen molar-refractivity contribution in [2.45, 2.75) is 44.4 Å². The normalized spacial score (nSPS) is 14.1. The molecule has 0 radical (unpaired) electrons. The highest BCUT2D eigenvalue weighted by molar-refractivity contribution is 7.98. The largest absolute Gasteiger partial charge is 0.368 e. The van der Waals surface area contributed by atoms with Crippen LogP contribution in [0.3, 0.4) is 0 Å². The molecule has 4 N–H and O–H groups in total. The number of thioether (sulfide) groups is 1. The molecule has 0 aliphatic heterocycles. The van der Waals surface area contributed by atoms with Crippen molar-refractivity contribution in [3.8, 4) is 0 Å². The molecule has 1 aromatic carbocycles. The Balaban J connectivity index is 2.14. The fourth-order valence-corrected chi connectivity index (χ4v) is 2.78. The SMILES string of the molecule is Cc1cccc(CSCCCCC(C)(N)C(N)=O)c1. The quantitative estimate of drug-likeness (QED) is 0.719. The molecular weight excluding hydrogens is 256 g/mol. The van der Waals surface area contributed by atoms with Gasteiger partial charge in [0, 0.05) is 5.75 Å². The average molecular weight is 280 g/mol. The van der Waals surface area contributed by atoms with E-state index in [0.717, 1.165) is 24.3 Å². The second kappa shape index (κ2) is 7.56. The van der Waals surface area contributed by atoms with Gasteiger partial charge in [-0.05, 0) is 38.0 Å². The Morgan fingerprint density at radius 2 is 2.11 bits per heavy atom. The summed E-state index contributed by atoms with van der Waals surface area (Å²) in [5, 5.41) is 0. The lowest BCUT2D eigenvalue weighted by Crippen LogP contribution is -2.49. The maximum atomic E-state index is 11.0. The first kappa shape index (κ1) is 16.1. The van der Waals surface area contributed by atoms with Gasteiger partial charge in [0.1, 0.15) is 0 Å². The monoisotopic (exact) mass is 280 g/mol. The van der Waals surface area contributed by atoms with Gasteiger partial charge in [-0.15, -0.1) is 0 Å². The molecule has 1 unspecified atom stereocenters. The van der Waals surface area contributed by atoms with E-state index in [1.54, 1.807) is 6.92 Å². The number of benzene rings is 1. The predicted octanol–water partition coefficient (Wildman–Crippen LogP) is 2.60. The summed E-state index contributed by atoms with van der Waals surface area (Å²) < 4.78 is 0. The molecule has 1 atom stereocenters. The van der Waals surface area contributed by atoms with Gasteiger partial charge < -0.3 is 11.5 Å². The van der Waals surface area contributed by atoms with Crippen molar-refractivity contribution in [1.29, 1.82) is 0 Å². The highest BCUT2D eigenvalue weighted by Crippen LogP contribution is 2.17. The summed E-state index contributed by atoms with van der Waals surface area (Å²) in [6.07, 6.45) is 2.67. The number of hydrogen-bond acceptors (Lipinski definition) is 3. The Morgan fingerprint density at radius 1 is 1.37 bits per heavy atom. The van der Waals surface area contributed by atoms with Gasteiger partial charge >= 0.3 is 0 Å². The van der Waals surface area contributed by atoms with E-state index in [9.17, 15) is 4.79 Å². The molecule has 4 heteroatoms. The highest BCUT2D eigenvalue weighted by atomic mass is 32.2. The summed E-state index contributed by atoms with van der Waals surface area (Å²) >= 11 is 1.92. The van der Waals surface area contributed by atoms with Gasteiger partial charge in [-0.25, -0.2) is 0 Å². The third kappa shape index (κ3) is 6.12. The summed E-state index contributed by atoms with van der Waals surface area (Å²) in [5.74, 6) is 1.71. The second-order valence-electron chi connectivity index (χ2n) is 5.28. The first-order chi connectivity index (χ1) is 8.92. The Kier molecular flexibility index (Phi) is 6.38. The van der Waals surface area contributed by atoms with E-state index in [1.807, 2.05) is 11.8 Å². The number of aryl methyl sites for hydroxylation is 1. The van der Waals surface area contributed by atoms with E-state index in [1.165, 1.54) is 11.1 Å². The third-order valence-corrected chi connectivity index (χ3v) is 4.26. The maximum absolute atomic E-state index is 11.0. The van der Waals surface area contributed by atoms with Gasteiger partial charge in [0.15, 0.2) is 0 Å². The summed E-state index contributed by atoms with van der Waals surface area (Å²) in [6.45, 7) is 3.81. The molecule has 0 aliphatic rings. The van der Waals surface area contributed by atoms with E-state index in [2.05, 4.69) is 31.2 Å². The first-order valence-electron chi connectivity index (χ1n) is 6.64. The van der Waals surface area contributed by atoms with Crippen LogP contribution in [0.15, 0.2) is 24.3 Å². The van der Waals surface area contributed by atoms with Crippen molar-refractivity contribution in [2.75, 3.05) is 5.75 Å². The average Bonchev–Trinajstić information content (AvgIpc) is 2.33. The highest BCUT2D eigenvalue weighted by Gasteiger charge is 2.24. The molecule has 0 fully saturated rings. The van der Waals surface area contributed by atoms with Crippen molar-refractivity contribution in [3.05, 3.63) is 35.4 Å². The Hall–Kier alpha value is -1.00. The van der Waals surface area contributed by atoms with Crippen molar-refractivity contribution >= 4 is 17.7 Å². The molecule has 0 saturated heterocycles. The van der Waals surface area contributed by atoms with Crippen LogP contribution in [0.2, 0.25) is 0 Å². The molecule has 1 amide bonds. The Labute approximate surface area is 120 Å². The van der Waals surface area contributed by atoms with Crippen LogP contribution in [-0.2, 0) is 10.5 Å². The van der Waals surface area contributed by atoms with Crippen LogP contribution in [0.1, 0.15) is 37.3 Å². The van der Waals surface area contributed by atoms with Crippen LogP contribution in [0.5, 0.6) is 0 Å². The van der Waals surface area contributed by atoms with Crippen LogP contribution in [0.4, 0.5) is 0 Å². The van der Waals surface area contributed by atoms with Crippen LogP contribution < -0.4 is 11.5 Å². The maximum Gasteiger partial charge on any atom is 0.237 e. The number of rotatable bonds is 8. The molecule has 106 valence electrons. The van der Waals surface area contributed by atoms with Crippen molar-refractivity contribution in [2.24, 2.45) is 11.5 Å². The van der Waals surface area contributed by atoms with E-state index >= 15 is 0 Å². The molecule has 0 bridgehead atoms. The summed E-state index contributed by atoms with van der Waals surface area (Å²) in [6, 6.07) is 8.58. The number of unbranched alkanes of at least 4 members (excludes halogenated alkanes) is 1. The molecule has 0 aliphatic carbocycles. The molecule has 0 saturated carbocycles. The lowest BCUT2D eigenvalue weighted by Gasteiger charge is -2.19. The number of hydrogen-bond donors (Lipinski definition) is 2. The van der Waals surface area contributed by atoms with E-state index in [4.69, 9.17) is 11.5 Å². The summed E-state index contributed by atoms with van der Waals surface area (Å²) in [4.78, 5) is 11.0. The van der Waals surface area contributed by atoms with Gasteiger partial charge in [0.2, 0.25) is 5.91 Å². The van der Waals surface area contributed by atoms with Crippen LogP contribution in [-0.4, -0.2) is 17.2 Å². The van der Waals surface area contributed by atoms with Gasteiger partial charge in [-0.2, -0.15) is 11.8 Å². The molecule has 0 spiro atoms. The van der Waals surface area contributed by atoms with Crippen LogP contribution in [0.25, 0.3) is 0 Å². The first-order valence-corrected chi connectivity index (χ1v) is 7.79. The molecular formula is C15H24N2OS. The second-order valence-corrected chi connectivity index (χ2v) is 6.39. The van der Waals surface area contributed by atoms with Crippen molar-refractivity contribution < 1.29 is 4.79 Å². The number of primary amides is 1. The molecule has 0 heterocycles. The summed E-state index contributed by atoms with van der Waals surface area (Å²) in [7, 11) is 0. The standard InChI is InChI=1S/C15H24N2OS/c1-12-6-5-7-13(10-12)11-19-9-4-3-8-15(2,17)14(16)18/h5-7,10H,3-4,8-9,11,17H2,1-2H3,(H2,16,18). The van der Waals surface area contributed by atoms with Crippen LogP contribution in [0, 0.1) is 6.92 Å². The van der Waals surface area contributed by atoms with Crippen LogP contribution >= 0.6 is 11.8 Å². The fourth-order valence-electron chi connectivity index (χ4n) is 1.81. The van der Waals surface area contributed by atoms with E-state index < -0.39 is 11.4 Å². The minimum Gasteiger partial charge on any atom is -0.368 e. The Morgan fingerprint density at radius 3 is 2.74 bits per heavy atom. The topological polar surface area (TPSA) is 69.1 Å². The van der Waals surface area contributed by atoms with Gasteiger partial charge in [0.05, 0.1) is 5.54 Å². The molecule has 1 aromatic rings. The van der Waals surface area contributed by atoms with E-state index in [0.29, 0.717) is 6.42 Å². The van der Waals surface area contributed by atoms with Gasteiger partial charge in [0.25, 0.3) is 0 Å². The summed E-state index contributed by atoms with van der Waals surface area (Å²) in [5.41, 5.74) is 12.8. The van der Waals surface area contributed by atoms with Gasteiger partial charge in [-0.3, -0.25) is 4.79 Å². The number of amides is 1. The Bertz CT molecular complexity index is 418. The minimum atomic E-state index is -0.860. The molecule has 1 rings (SSSR count). The zero-order valence-electron chi connectivity index (χ0n) is 11.8. The van der Waals surface area contributed by atoms with E-state index in [-0.39, 0.29) is 0 Å². The third-order valence-electron chi connectivity index (χ3n) is 3.15. The lowest BCUT2D eigenvalue weighted by molar-refractivity contribution is -0.122. The predicted molar refractivity (Wildman–Crippen MR) is 83.0 cm³/mol. The smallest absolute Gasteiger partial charge is 0.237 e. The molecule has 0 aromatic heterocycles. The number of carbonyl (C=O) groups is 1. The van der Waals surface area contributed by atoms with Crippen molar-refractivity contribution in [1.82, 2.24) is 0 Å². The fraction of sp³-hybridized carbons (Fsp3) is 0.533. The molecule has 3 nitrogen and oxygen atoms in total. The lowest BCUT2D eigenvalue weighted by atomic mass is 9.96. The number of nitrogens with two attached hydrogens (primary N) is 2. The van der Waals surface area contributed by atoms with Gasteiger partial charge in [-0.1, -0.05) is 36.2 Å². The molecule has 19 heavy (non-hydrogen) atoms. The van der Waals surface area contributed by atoms with Crippen molar-refractivity contribution in [3.63, 3.8) is 0 Å². The zero-order chi connectivity index (χ0) is 14.3. The number of carbonyl (C=O) groups excluding carboxylic acids is 1. The minimum absolute atomic E-state index is 0.417.